The minimum atomic E-state index is 1.06. The zero-order valence-corrected chi connectivity index (χ0v) is 11.3. The number of rotatable bonds is 7. The summed E-state index contributed by atoms with van der Waals surface area (Å²) in [5.41, 5.74) is 2.87. The third-order valence-electron chi connectivity index (χ3n) is 2.33. The second-order valence-electron chi connectivity index (χ2n) is 4.09. The van der Waals surface area contributed by atoms with E-state index in [0.29, 0.717) is 0 Å². The lowest BCUT2D eigenvalue weighted by molar-refractivity contribution is 0.922. The quantitative estimate of drug-likeness (QED) is 0.386. The Labute approximate surface area is 101 Å². The third kappa shape index (κ3) is 8.28. The van der Waals surface area contributed by atoms with Gasteiger partial charge in [-0.15, -0.1) is 0 Å². The van der Waals surface area contributed by atoms with Crippen molar-refractivity contribution in [1.29, 1.82) is 0 Å². The molecule has 0 saturated carbocycles. The molecule has 0 nitrogen and oxygen atoms in total. The maximum absolute atomic E-state index is 2.32. The maximum atomic E-state index is 2.32. The van der Waals surface area contributed by atoms with Crippen molar-refractivity contribution < 1.29 is 0 Å². The van der Waals surface area contributed by atoms with E-state index in [0.717, 1.165) is 12.8 Å². The van der Waals surface area contributed by atoms with Crippen LogP contribution >= 0.6 is 0 Å². The highest BCUT2D eigenvalue weighted by Crippen LogP contribution is 2.12. The molecule has 0 aliphatic rings. The minimum Gasteiger partial charge on any atom is -0.0913 e. The van der Waals surface area contributed by atoms with Gasteiger partial charge in [0, 0.05) is 0 Å². The first-order valence-corrected chi connectivity index (χ1v) is 6.38. The van der Waals surface area contributed by atoms with E-state index in [2.05, 4.69) is 64.2 Å². The lowest BCUT2D eigenvalue weighted by Crippen LogP contribution is -1.81. The van der Waals surface area contributed by atoms with Crippen molar-refractivity contribution in [3.05, 3.63) is 47.6 Å². The van der Waals surface area contributed by atoms with Crippen LogP contribution in [0.25, 0.3) is 0 Å². The van der Waals surface area contributed by atoms with Gasteiger partial charge in [-0.3, -0.25) is 0 Å². The summed E-state index contributed by atoms with van der Waals surface area (Å²) in [5.74, 6) is 0. The summed E-state index contributed by atoms with van der Waals surface area (Å²) in [5, 5.41) is 0. The van der Waals surface area contributed by atoms with Crippen LogP contribution in [-0.4, -0.2) is 0 Å². The summed E-state index contributed by atoms with van der Waals surface area (Å²) in [6.45, 7) is 8.66. The number of allylic oxidation sites excluding steroid dienone is 8. The lowest BCUT2D eigenvalue weighted by atomic mass is 10.1. The molecule has 0 aromatic rings. The first kappa shape index (κ1) is 15.0. The van der Waals surface area contributed by atoms with Gasteiger partial charge in [0.2, 0.25) is 0 Å². The van der Waals surface area contributed by atoms with Crippen molar-refractivity contribution in [1.82, 2.24) is 0 Å². The van der Waals surface area contributed by atoms with Gasteiger partial charge < -0.3 is 0 Å². The van der Waals surface area contributed by atoms with Crippen LogP contribution in [0.3, 0.4) is 0 Å². The summed E-state index contributed by atoms with van der Waals surface area (Å²) >= 11 is 0. The lowest BCUT2D eigenvalue weighted by Gasteiger charge is -2.01. The maximum Gasteiger partial charge on any atom is -0.0138 e. The van der Waals surface area contributed by atoms with Gasteiger partial charge in [-0.25, -0.2) is 0 Å². The molecule has 0 aliphatic carbocycles. The average Bonchev–Trinajstić information content (AvgIpc) is 2.27. The summed E-state index contributed by atoms with van der Waals surface area (Å²) in [6.07, 6.45) is 17.8. The second kappa shape index (κ2) is 10.5. The Bertz CT molecular complexity index is 274. The topological polar surface area (TPSA) is 0 Å². The molecule has 0 fully saturated rings. The first-order chi connectivity index (χ1) is 7.74. The van der Waals surface area contributed by atoms with E-state index < -0.39 is 0 Å². The fraction of sp³-hybridized carbons (Fsp3) is 0.500. The highest BCUT2D eigenvalue weighted by molar-refractivity contribution is 5.27. The molecular weight excluding hydrogens is 192 g/mol. The minimum absolute atomic E-state index is 1.06. The first-order valence-electron chi connectivity index (χ1n) is 6.38. The monoisotopic (exact) mass is 218 g/mol. The van der Waals surface area contributed by atoms with Crippen LogP contribution in [0.15, 0.2) is 47.6 Å². The van der Waals surface area contributed by atoms with E-state index in [1.165, 1.54) is 24.0 Å². The molecular formula is C16H26. The highest BCUT2D eigenvalue weighted by Gasteiger charge is 1.92. The molecule has 0 aromatic heterocycles. The molecule has 90 valence electrons. The van der Waals surface area contributed by atoms with Crippen LogP contribution < -0.4 is 0 Å². The molecule has 0 heteroatoms. The molecule has 0 aromatic carbocycles. The van der Waals surface area contributed by atoms with Gasteiger partial charge in [0.15, 0.2) is 0 Å². The molecule has 0 N–H and O–H groups in total. The van der Waals surface area contributed by atoms with Crippen molar-refractivity contribution in [3.63, 3.8) is 0 Å². The fourth-order valence-corrected chi connectivity index (χ4v) is 1.50. The van der Waals surface area contributed by atoms with Crippen LogP contribution in [0.4, 0.5) is 0 Å². The van der Waals surface area contributed by atoms with Gasteiger partial charge in [0.05, 0.1) is 0 Å². The van der Waals surface area contributed by atoms with Crippen LogP contribution in [-0.2, 0) is 0 Å². The molecule has 0 atom stereocenters. The van der Waals surface area contributed by atoms with E-state index in [1.807, 2.05) is 0 Å². The van der Waals surface area contributed by atoms with E-state index in [4.69, 9.17) is 0 Å². The van der Waals surface area contributed by atoms with Crippen molar-refractivity contribution in [3.8, 4) is 0 Å². The van der Waals surface area contributed by atoms with Crippen molar-refractivity contribution in [2.75, 3.05) is 0 Å². The Morgan fingerprint density at radius 1 is 1.12 bits per heavy atom. The van der Waals surface area contributed by atoms with Crippen LogP contribution in [0.5, 0.6) is 0 Å². The van der Waals surface area contributed by atoms with Gasteiger partial charge in [-0.2, -0.15) is 0 Å². The zero-order chi connectivity index (χ0) is 12.2. The van der Waals surface area contributed by atoms with Crippen LogP contribution in [0, 0.1) is 0 Å². The molecule has 0 radical (unpaired) electrons. The Hall–Kier alpha value is -1.04. The van der Waals surface area contributed by atoms with Gasteiger partial charge in [-0.05, 0) is 38.7 Å². The normalized spacial score (nSPS) is 14.2. The predicted octanol–water partition coefficient (Wildman–Crippen LogP) is 5.59. The average molecular weight is 218 g/mol. The summed E-state index contributed by atoms with van der Waals surface area (Å²) < 4.78 is 0. The molecule has 0 rings (SSSR count). The Morgan fingerprint density at radius 2 is 1.88 bits per heavy atom. The fourth-order valence-electron chi connectivity index (χ4n) is 1.50. The Morgan fingerprint density at radius 3 is 2.44 bits per heavy atom. The number of hydrogen-bond acceptors (Lipinski definition) is 0. The Balaban J connectivity index is 4.52. The second-order valence-corrected chi connectivity index (χ2v) is 4.09. The van der Waals surface area contributed by atoms with Gasteiger partial charge >= 0.3 is 0 Å². The largest absolute Gasteiger partial charge is 0.0913 e. The SMILES string of the molecule is CC=CCC(C)=CC(=CC=CCC)CCC. The molecule has 0 saturated heterocycles. The van der Waals surface area contributed by atoms with E-state index in [9.17, 15) is 0 Å². The van der Waals surface area contributed by atoms with Crippen molar-refractivity contribution in [2.45, 2.75) is 53.4 Å². The van der Waals surface area contributed by atoms with Gasteiger partial charge in [-0.1, -0.05) is 62.3 Å². The Kier molecular flexibility index (Phi) is 9.80. The zero-order valence-electron chi connectivity index (χ0n) is 11.3. The van der Waals surface area contributed by atoms with Gasteiger partial charge in [0.25, 0.3) is 0 Å². The van der Waals surface area contributed by atoms with Crippen molar-refractivity contribution in [2.24, 2.45) is 0 Å². The smallest absolute Gasteiger partial charge is 0.0138 e. The third-order valence-corrected chi connectivity index (χ3v) is 2.33. The summed E-state index contributed by atoms with van der Waals surface area (Å²) in [6, 6.07) is 0. The standard InChI is InChI=1S/C16H26/c1-5-8-10-13-16(11-7-3)14-15(4)12-9-6-2/h6,8-10,13-14H,5,7,11-12H2,1-4H3. The molecule has 0 heterocycles. The number of hydrogen-bond donors (Lipinski definition) is 0. The molecule has 0 unspecified atom stereocenters. The molecule has 0 spiro atoms. The van der Waals surface area contributed by atoms with Gasteiger partial charge in [0.1, 0.15) is 0 Å². The van der Waals surface area contributed by atoms with Crippen molar-refractivity contribution >= 4 is 0 Å². The van der Waals surface area contributed by atoms with Crippen LogP contribution in [0.1, 0.15) is 53.4 Å². The van der Waals surface area contributed by atoms with Crippen LogP contribution in [0.2, 0.25) is 0 Å². The molecule has 0 aliphatic heterocycles. The summed E-state index contributed by atoms with van der Waals surface area (Å²) in [7, 11) is 0. The summed E-state index contributed by atoms with van der Waals surface area (Å²) in [4.78, 5) is 0. The molecule has 0 bridgehead atoms. The predicted molar refractivity (Wildman–Crippen MR) is 75.6 cm³/mol. The molecule has 0 amide bonds. The molecule has 16 heavy (non-hydrogen) atoms. The van der Waals surface area contributed by atoms with E-state index >= 15 is 0 Å². The van der Waals surface area contributed by atoms with E-state index in [-0.39, 0.29) is 0 Å². The highest BCUT2D eigenvalue weighted by atomic mass is 14.0. The van der Waals surface area contributed by atoms with E-state index in [1.54, 1.807) is 0 Å².